The normalized spacial score (nSPS) is 34.7. The molecule has 110 valence electrons. The summed E-state index contributed by atoms with van der Waals surface area (Å²) in [5.41, 5.74) is -0.452. The average molecular weight is 294 g/mol. The van der Waals surface area contributed by atoms with Crippen molar-refractivity contribution in [1.29, 1.82) is 0 Å². The van der Waals surface area contributed by atoms with Gasteiger partial charge < -0.3 is 9.64 Å². The van der Waals surface area contributed by atoms with Gasteiger partial charge in [-0.1, -0.05) is 13.0 Å². The molecule has 1 N–H and O–H groups in total. The minimum absolute atomic E-state index is 0.000787. The van der Waals surface area contributed by atoms with E-state index in [4.69, 9.17) is 4.74 Å². The van der Waals surface area contributed by atoms with Gasteiger partial charge in [0, 0.05) is 11.5 Å². The number of hydrogen-bond acceptors (Lipinski definition) is 4. The van der Waals surface area contributed by atoms with Crippen molar-refractivity contribution in [3.05, 3.63) is 22.4 Å². The third kappa shape index (κ3) is 2.28. The standard InChI is InChI=1S/C15H22N2O2S/c1-3-15(2)14(18)17(11-6-4-8-19-10-11)13(16-15)12-7-5-9-20-12/h5,7,9,11,13,16H,3-4,6,8,10H2,1-2H3. The summed E-state index contributed by atoms with van der Waals surface area (Å²) in [5, 5.41) is 5.62. The summed E-state index contributed by atoms with van der Waals surface area (Å²) in [6, 6.07) is 4.35. The van der Waals surface area contributed by atoms with Crippen molar-refractivity contribution in [3.63, 3.8) is 0 Å². The van der Waals surface area contributed by atoms with E-state index in [2.05, 4.69) is 23.7 Å². The van der Waals surface area contributed by atoms with Crippen molar-refractivity contribution in [2.45, 2.75) is 50.9 Å². The van der Waals surface area contributed by atoms with Gasteiger partial charge in [0.05, 0.1) is 18.2 Å². The van der Waals surface area contributed by atoms with E-state index in [0.29, 0.717) is 6.61 Å². The smallest absolute Gasteiger partial charge is 0.244 e. The summed E-state index contributed by atoms with van der Waals surface area (Å²) in [6.07, 6.45) is 2.88. The minimum Gasteiger partial charge on any atom is -0.379 e. The van der Waals surface area contributed by atoms with Gasteiger partial charge >= 0.3 is 0 Å². The summed E-state index contributed by atoms with van der Waals surface area (Å²) >= 11 is 1.70. The summed E-state index contributed by atoms with van der Waals surface area (Å²) in [5.74, 6) is 0.217. The van der Waals surface area contributed by atoms with E-state index in [1.807, 2.05) is 17.9 Å². The van der Waals surface area contributed by atoms with Crippen LogP contribution in [0, 0.1) is 0 Å². The highest BCUT2D eigenvalue weighted by molar-refractivity contribution is 7.10. The van der Waals surface area contributed by atoms with Gasteiger partial charge in [0.25, 0.3) is 0 Å². The van der Waals surface area contributed by atoms with Crippen LogP contribution in [0.5, 0.6) is 0 Å². The summed E-state index contributed by atoms with van der Waals surface area (Å²) in [4.78, 5) is 16.1. The molecular weight excluding hydrogens is 272 g/mol. The van der Waals surface area contributed by atoms with Crippen LogP contribution < -0.4 is 5.32 Å². The first-order valence-corrected chi connectivity index (χ1v) is 8.25. The Morgan fingerprint density at radius 3 is 3.05 bits per heavy atom. The predicted molar refractivity (Wildman–Crippen MR) is 79.6 cm³/mol. The van der Waals surface area contributed by atoms with Gasteiger partial charge in [-0.25, -0.2) is 0 Å². The molecule has 2 fully saturated rings. The number of amides is 1. The van der Waals surface area contributed by atoms with E-state index in [-0.39, 0.29) is 18.1 Å². The quantitative estimate of drug-likeness (QED) is 0.931. The van der Waals surface area contributed by atoms with E-state index < -0.39 is 5.54 Å². The Balaban J connectivity index is 1.91. The summed E-state index contributed by atoms with van der Waals surface area (Å²) in [6.45, 7) is 5.56. The molecule has 1 aromatic rings. The first-order valence-electron chi connectivity index (χ1n) is 7.37. The Bertz CT molecular complexity index is 470. The van der Waals surface area contributed by atoms with Gasteiger partial charge in [-0.15, -0.1) is 11.3 Å². The van der Waals surface area contributed by atoms with Crippen molar-refractivity contribution in [2.75, 3.05) is 13.2 Å². The lowest BCUT2D eigenvalue weighted by atomic mass is 9.98. The monoisotopic (exact) mass is 294 g/mol. The first kappa shape index (κ1) is 14.0. The number of hydrogen-bond donors (Lipinski definition) is 1. The van der Waals surface area contributed by atoms with Gasteiger partial charge in [-0.05, 0) is 37.6 Å². The molecule has 0 spiro atoms. The van der Waals surface area contributed by atoms with E-state index in [1.165, 1.54) is 4.88 Å². The molecule has 2 saturated heterocycles. The van der Waals surface area contributed by atoms with E-state index >= 15 is 0 Å². The van der Waals surface area contributed by atoms with Crippen molar-refractivity contribution < 1.29 is 9.53 Å². The number of thiophene rings is 1. The van der Waals surface area contributed by atoms with Gasteiger partial charge in [0.15, 0.2) is 0 Å². The number of rotatable bonds is 3. The van der Waals surface area contributed by atoms with Gasteiger partial charge in [-0.2, -0.15) is 0 Å². The van der Waals surface area contributed by atoms with Crippen LogP contribution in [0.1, 0.15) is 44.2 Å². The Labute approximate surface area is 124 Å². The van der Waals surface area contributed by atoms with Crippen LogP contribution in [0.25, 0.3) is 0 Å². The first-order chi connectivity index (χ1) is 9.65. The van der Waals surface area contributed by atoms with Crippen LogP contribution in [0.4, 0.5) is 0 Å². The van der Waals surface area contributed by atoms with E-state index in [1.54, 1.807) is 11.3 Å². The van der Waals surface area contributed by atoms with Crippen molar-refractivity contribution >= 4 is 17.2 Å². The molecule has 0 aromatic carbocycles. The van der Waals surface area contributed by atoms with Gasteiger partial charge in [0.1, 0.15) is 6.17 Å². The van der Waals surface area contributed by atoms with E-state index in [0.717, 1.165) is 25.9 Å². The van der Waals surface area contributed by atoms with Crippen LogP contribution >= 0.6 is 11.3 Å². The largest absolute Gasteiger partial charge is 0.379 e. The molecule has 3 heterocycles. The molecule has 1 amide bonds. The SMILES string of the molecule is CCC1(C)NC(c2cccs2)N(C2CCCOC2)C1=O. The van der Waals surface area contributed by atoms with Crippen LogP contribution in [-0.2, 0) is 9.53 Å². The minimum atomic E-state index is -0.452. The Hall–Kier alpha value is -0.910. The lowest BCUT2D eigenvalue weighted by Gasteiger charge is -2.34. The predicted octanol–water partition coefficient (Wildman–Crippen LogP) is 2.53. The zero-order valence-electron chi connectivity index (χ0n) is 12.1. The molecule has 4 nitrogen and oxygen atoms in total. The zero-order valence-corrected chi connectivity index (χ0v) is 12.9. The van der Waals surface area contributed by atoms with Crippen molar-refractivity contribution in [2.24, 2.45) is 0 Å². The fourth-order valence-corrected chi connectivity index (χ4v) is 3.84. The second-order valence-corrected chi connectivity index (χ2v) is 6.81. The van der Waals surface area contributed by atoms with Crippen molar-refractivity contribution in [1.82, 2.24) is 10.2 Å². The highest BCUT2D eigenvalue weighted by Gasteiger charge is 2.50. The van der Waals surface area contributed by atoms with Crippen LogP contribution in [0.2, 0.25) is 0 Å². The van der Waals surface area contributed by atoms with Crippen LogP contribution in [0.3, 0.4) is 0 Å². The van der Waals surface area contributed by atoms with Gasteiger partial charge in [0.2, 0.25) is 5.91 Å². The molecule has 2 aliphatic rings. The maximum Gasteiger partial charge on any atom is 0.244 e. The third-order valence-corrected chi connectivity index (χ3v) is 5.41. The molecular formula is C15H22N2O2S. The number of carbonyl (C=O) groups excluding carboxylic acids is 1. The average Bonchev–Trinajstić information content (AvgIpc) is 3.08. The molecule has 0 bridgehead atoms. The van der Waals surface area contributed by atoms with Crippen LogP contribution in [0.15, 0.2) is 17.5 Å². The Morgan fingerprint density at radius 2 is 2.45 bits per heavy atom. The zero-order chi connectivity index (χ0) is 14.2. The third-order valence-electron chi connectivity index (χ3n) is 4.49. The fraction of sp³-hybridized carbons (Fsp3) is 0.667. The Kier molecular flexibility index (Phi) is 3.84. The lowest BCUT2D eigenvalue weighted by molar-refractivity contribution is -0.137. The summed E-state index contributed by atoms with van der Waals surface area (Å²) in [7, 11) is 0. The van der Waals surface area contributed by atoms with Crippen molar-refractivity contribution in [3.8, 4) is 0 Å². The molecule has 3 unspecified atom stereocenters. The number of ether oxygens (including phenoxy) is 1. The molecule has 2 aliphatic heterocycles. The topological polar surface area (TPSA) is 41.6 Å². The molecule has 0 saturated carbocycles. The maximum atomic E-state index is 12.9. The highest BCUT2D eigenvalue weighted by Crippen LogP contribution is 2.37. The molecule has 0 radical (unpaired) electrons. The fourth-order valence-electron chi connectivity index (χ4n) is 3.06. The van der Waals surface area contributed by atoms with Crippen LogP contribution in [-0.4, -0.2) is 35.6 Å². The second-order valence-electron chi connectivity index (χ2n) is 5.83. The van der Waals surface area contributed by atoms with E-state index in [9.17, 15) is 4.79 Å². The molecule has 1 aromatic heterocycles. The second kappa shape index (κ2) is 5.47. The van der Waals surface area contributed by atoms with Gasteiger partial charge in [-0.3, -0.25) is 10.1 Å². The number of nitrogens with one attached hydrogen (secondary N) is 1. The lowest BCUT2D eigenvalue weighted by Crippen LogP contribution is -2.47. The molecule has 5 heteroatoms. The summed E-state index contributed by atoms with van der Waals surface area (Å²) < 4.78 is 5.59. The number of nitrogens with zero attached hydrogens (tertiary/aromatic N) is 1. The highest BCUT2D eigenvalue weighted by atomic mass is 32.1. The number of carbonyl (C=O) groups is 1. The molecule has 3 atom stereocenters. The Morgan fingerprint density at radius 1 is 1.60 bits per heavy atom. The molecule has 0 aliphatic carbocycles. The maximum absolute atomic E-state index is 12.9. The molecule has 20 heavy (non-hydrogen) atoms. The molecule has 3 rings (SSSR count).